The SMILES string of the molecule is C/C1=C\C(C)C(C(C)O)OC(=O)CCC2C=CCCC12O. The lowest BCUT2D eigenvalue weighted by Crippen LogP contribution is -2.42. The molecule has 0 radical (unpaired) electrons. The Morgan fingerprint density at radius 3 is 2.86 bits per heavy atom. The molecular formula is C17H26O4. The van der Waals surface area contributed by atoms with Crippen molar-refractivity contribution in [2.45, 2.75) is 64.3 Å². The zero-order valence-corrected chi connectivity index (χ0v) is 13.1. The molecule has 1 heterocycles. The van der Waals surface area contributed by atoms with Crippen molar-refractivity contribution in [2.24, 2.45) is 11.8 Å². The molecule has 0 aromatic heterocycles. The summed E-state index contributed by atoms with van der Waals surface area (Å²) in [7, 11) is 0. The molecule has 5 unspecified atom stereocenters. The maximum absolute atomic E-state index is 12.0. The number of rotatable bonds is 1. The van der Waals surface area contributed by atoms with Crippen molar-refractivity contribution in [3.8, 4) is 0 Å². The minimum atomic E-state index is -0.885. The second-order valence-electron chi connectivity index (χ2n) is 6.44. The topological polar surface area (TPSA) is 66.8 Å². The first-order chi connectivity index (χ1) is 9.84. The quantitative estimate of drug-likeness (QED) is 0.575. The number of esters is 1. The largest absolute Gasteiger partial charge is 0.459 e. The van der Waals surface area contributed by atoms with Gasteiger partial charge in [0.25, 0.3) is 0 Å². The molecule has 0 saturated carbocycles. The lowest BCUT2D eigenvalue weighted by molar-refractivity contribution is -0.158. The summed E-state index contributed by atoms with van der Waals surface area (Å²) in [5.41, 5.74) is 0.0251. The first kappa shape index (κ1) is 16.2. The number of carbonyl (C=O) groups is 1. The lowest BCUT2D eigenvalue weighted by Gasteiger charge is -2.40. The first-order valence-electron chi connectivity index (χ1n) is 7.80. The van der Waals surface area contributed by atoms with Crippen LogP contribution >= 0.6 is 0 Å². The van der Waals surface area contributed by atoms with Crippen LogP contribution in [-0.2, 0) is 9.53 Å². The number of hydrogen-bond acceptors (Lipinski definition) is 4. The van der Waals surface area contributed by atoms with Crippen LogP contribution in [0.25, 0.3) is 0 Å². The second kappa shape index (κ2) is 6.32. The Kier molecular flexibility index (Phi) is 4.89. The van der Waals surface area contributed by atoms with Gasteiger partial charge in [0.15, 0.2) is 0 Å². The number of aliphatic hydroxyl groups excluding tert-OH is 1. The maximum Gasteiger partial charge on any atom is 0.306 e. The Hall–Kier alpha value is -1.13. The van der Waals surface area contributed by atoms with Crippen molar-refractivity contribution in [2.75, 3.05) is 0 Å². The van der Waals surface area contributed by atoms with E-state index in [0.717, 1.165) is 12.0 Å². The minimum Gasteiger partial charge on any atom is -0.459 e. The number of hydrogen-bond donors (Lipinski definition) is 2. The molecule has 5 atom stereocenters. The number of ether oxygens (including phenoxy) is 1. The molecule has 4 heteroatoms. The smallest absolute Gasteiger partial charge is 0.306 e. The normalized spacial score (nSPS) is 41.5. The van der Waals surface area contributed by atoms with Crippen LogP contribution in [0.5, 0.6) is 0 Å². The predicted octanol–water partition coefficient (Wildman–Crippen LogP) is 2.35. The van der Waals surface area contributed by atoms with Gasteiger partial charge >= 0.3 is 5.97 Å². The van der Waals surface area contributed by atoms with Crippen LogP contribution in [0.1, 0.15) is 46.5 Å². The summed E-state index contributed by atoms with van der Waals surface area (Å²) in [5, 5.41) is 20.9. The highest BCUT2D eigenvalue weighted by atomic mass is 16.6. The molecule has 0 bridgehead atoms. The van der Waals surface area contributed by atoms with Crippen molar-refractivity contribution >= 4 is 5.97 Å². The molecule has 0 saturated heterocycles. The van der Waals surface area contributed by atoms with E-state index in [1.165, 1.54) is 0 Å². The molecule has 2 rings (SSSR count). The number of aliphatic hydroxyl groups is 2. The third-order valence-electron chi connectivity index (χ3n) is 4.79. The van der Waals surface area contributed by atoms with Crippen molar-refractivity contribution in [1.29, 1.82) is 0 Å². The summed E-state index contributed by atoms with van der Waals surface area (Å²) in [6.45, 7) is 5.47. The van der Waals surface area contributed by atoms with E-state index in [1.807, 2.05) is 26.0 Å². The fourth-order valence-corrected chi connectivity index (χ4v) is 3.50. The molecule has 0 amide bonds. The Balaban J connectivity index is 2.37. The molecule has 0 fully saturated rings. The highest BCUT2D eigenvalue weighted by Gasteiger charge is 2.40. The van der Waals surface area contributed by atoms with Gasteiger partial charge in [-0.3, -0.25) is 4.79 Å². The summed E-state index contributed by atoms with van der Waals surface area (Å²) in [6.07, 6.45) is 7.10. The van der Waals surface area contributed by atoms with E-state index in [4.69, 9.17) is 4.74 Å². The Bertz CT molecular complexity index is 452. The lowest BCUT2D eigenvalue weighted by atomic mass is 9.72. The molecular weight excluding hydrogens is 268 g/mol. The van der Waals surface area contributed by atoms with Gasteiger partial charge in [-0.05, 0) is 38.7 Å². The number of fused-ring (bicyclic) bond motifs is 1. The fourth-order valence-electron chi connectivity index (χ4n) is 3.50. The highest BCUT2D eigenvalue weighted by Crippen LogP contribution is 2.39. The Morgan fingerprint density at radius 1 is 1.48 bits per heavy atom. The Labute approximate surface area is 126 Å². The summed E-state index contributed by atoms with van der Waals surface area (Å²) in [6, 6.07) is 0. The Morgan fingerprint density at radius 2 is 2.19 bits per heavy atom. The van der Waals surface area contributed by atoms with Gasteiger partial charge in [-0.1, -0.05) is 25.2 Å². The zero-order chi connectivity index (χ0) is 15.6. The van der Waals surface area contributed by atoms with Gasteiger partial charge in [0.2, 0.25) is 0 Å². The maximum atomic E-state index is 12.0. The van der Waals surface area contributed by atoms with Gasteiger partial charge in [0, 0.05) is 18.3 Å². The van der Waals surface area contributed by atoms with Crippen molar-refractivity contribution < 1.29 is 19.7 Å². The summed E-state index contributed by atoms with van der Waals surface area (Å²) in [4.78, 5) is 12.0. The molecule has 1 aliphatic carbocycles. The van der Waals surface area contributed by atoms with Crippen LogP contribution in [0.3, 0.4) is 0 Å². The van der Waals surface area contributed by atoms with Gasteiger partial charge < -0.3 is 14.9 Å². The van der Waals surface area contributed by atoms with E-state index in [9.17, 15) is 15.0 Å². The predicted molar refractivity (Wildman–Crippen MR) is 80.5 cm³/mol. The van der Waals surface area contributed by atoms with Crippen LogP contribution in [-0.4, -0.2) is 34.0 Å². The minimum absolute atomic E-state index is 0.0506. The van der Waals surface area contributed by atoms with Crippen LogP contribution in [0.2, 0.25) is 0 Å². The van der Waals surface area contributed by atoms with Crippen LogP contribution < -0.4 is 0 Å². The third-order valence-corrected chi connectivity index (χ3v) is 4.79. The fraction of sp³-hybridized carbons (Fsp3) is 0.706. The van der Waals surface area contributed by atoms with Crippen molar-refractivity contribution in [3.05, 3.63) is 23.8 Å². The highest BCUT2D eigenvalue weighted by molar-refractivity contribution is 5.69. The van der Waals surface area contributed by atoms with E-state index in [-0.39, 0.29) is 24.2 Å². The van der Waals surface area contributed by atoms with Gasteiger partial charge in [-0.15, -0.1) is 0 Å². The van der Waals surface area contributed by atoms with E-state index in [1.54, 1.807) is 6.92 Å². The molecule has 0 aromatic carbocycles. The number of allylic oxidation sites excluding steroid dienone is 1. The third kappa shape index (κ3) is 3.38. The van der Waals surface area contributed by atoms with Crippen LogP contribution in [0.15, 0.2) is 23.8 Å². The molecule has 2 aliphatic rings. The average molecular weight is 294 g/mol. The van der Waals surface area contributed by atoms with E-state index < -0.39 is 17.8 Å². The van der Waals surface area contributed by atoms with E-state index in [2.05, 4.69) is 6.08 Å². The van der Waals surface area contributed by atoms with Crippen molar-refractivity contribution in [3.63, 3.8) is 0 Å². The summed E-state index contributed by atoms with van der Waals surface area (Å²) < 4.78 is 5.42. The first-order valence-corrected chi connectivity index (χ1v) is 7.80. The molecule has 21 heavy (non-hydrogen) atoms. The average Bonchev–Trinajstić information content (AvgIpc) is 2.42. The number of cyclic esters (lactones) is 1. The monoisotopic (exact) mass is 294 g/mol. The van der Waals surface area contributed by atoms with E-state index >= 15 is 0 Å². The zero-order valence-electron chi connectivity index (χ0n) is 13.1. The molecule has 0 spiro atoms. The van der Waals surface area contributed by atoms with E-state index in [0.29, 0.717) is 12.8 Å². The summed E-state index contributed by atoms with van der Waals surface area (Å²) >= 11 is 0. The standard InChI is InChI=1S/C17H26O4/c1-11-10-12(2)17(20)9-5-4-6-14(17)7-8-15(19)21-16(11)13(3)18/h4,6,10-11,13-14,16,18,20H,5,7-9H2,1-3H3/b12-10+. The summed E-state index contributed by atoms with van der Waals surface area (Å²) in [5.74, 6) is -0.491. The van der Waals surface area contributed by atoms with Gasteiger partial charge in [0.05, 0.1) is 11.7 Å². The van der Waals surface area contributed by atoms with Crippen molar-refractivity contribution in [1.82, 2.24) is 0 Å². The van der Waals surface area contributed by atoms with Crippen LogP contribution in [0.4, 0.5) is 0 Å². The molecule has 0 aromatic rings. The van der Waals surface area contributed by atoms with Gasteiger partial charge in [-0.25, -0.2) is 0 Å². The number of carbonyl (C=O) groups excluding carboxylic acids is 1. The molecule has 118 valence electrons. The molecule has 1 aliphatic heterocycles. The molecule has 2 N–H and O–H groups in total. The molecule has 4 nitrogen and oxygen atoms in total. The van der Waals surface area contributed by atoms with Crippen LogP contribution in [0, 0.1) is 11.8 Å². The van der Waals surface area contributed by atoms with Gasteiger partial charge in [0.1, 0.15) is 6.10 Å². The second-order valence-corrected chi connectivity index (χ2v) is 6.44. The van der Waals surface area contributed by atoms with Gasteiger partial charge in [-0.2, -0.15) is 0 Å².